The van der Waals surface area contributed by atoms with Gasteiger partial charge in [-0.25, -0.2) is 0 Å². The number of carbonyl (C=O) groups is 2. The van der Waals surface area contributed by atoms with Crippen molar-refractivity contribution in [3.8, 4) is 0 Å². The van der Waals surface area contributed by atoms with Crippen molar-refractivity contribution in [2.75, 3.05) is 12.3 Å². The molecule has 1 N–H and O–H groups in total. The van der Waals surface area contributed by atoms with E-state index < -0.39 is 6.04 Å². The van der Waals surface area contributed by atoms with Crippen molar-refractivity contribution in [2.45, 2.75) is 52.0 Å². The molecule has 0 aromatic heterocycles. The number of hydrogen-bond donors (Lipinski definition) is 1. The van der Waals surface area contributed by atoms with Gasteiger partial charge in [0.1, 0.15) is 6.04 Å². The summed E-state index contributed by atoms with van der Waals surface area (Å²) in [7, 11) is 0. The summed E-state index contributed by atoms with van der Waals surface area (Å²) in [5, 5.41) is 3.66. The van der Waals surface area contributed by atoms with E-state index in [2.05, 4.69) is 5.32 Å². The van der Waals surface area contributed by atoms with Crippen molar-refractivity contribution < 1.29 is 9.59 Å². The van der Waals surface area contributed by atoms with Crippen LogP contribution in [0.1, 0.15) is 43.4 Å². The van der Waals surface area contributed by atoms with Gasteiger partial charge in [-0.05, 0) is 48.6 Å². The number of carbonyl (C=O) groups excluding carboxylic acids is 2. The van der Waals surface area contributed by atoms with Crippen LogP contribution >= 0.6 is 23.4 Å². The molecule has 0 saturated heterocycles. The summed E-state index contributed by atoms with van der Waals surface area (Å²) < 4.78 is 0. The van der Waals surface area contributed by atoms with Crippen LogP contribution < -0.4 is 5.32 Å². The predicted octanol–water partition coefficient (Wildman–Crippen LogP) is 5.22. The fourth-order valence-electron chi connectivity index (χ4n) is 3.18. The quantitative estimate of drug-likeness (QED) is 0.515. The Morgan fingerprint density at radius 2 is 1.80 bits per heavy atom. The first-order chi connectivity index (χ1) is 14.5. The Kier molecular flexibility index (Phi) is 10.2. The molecule has 4 nitrogen and oxygen atoms in total. The summed E-state index contributed by atoms with van der Waals surface area (Å²) in [6.45, 7) is 7.06. The van der Waals surface area contributed by atoms with Gasteiger partial charge in [0.05, 0.1) is 5.75 Å². The van der Waals surface area contributed by atoms with E-state index in [1.807, 2.05) is 69.3 Å². The Morgan fingerprint density at radius 3 is 2.43 bits per heavy atom. The van der Waals surface area contributed by atoms with Crippen molar-refractivity contribution in [3.05, 3.63) is 70.2 Å². The molecule has 0 aliphatic heterocycles. The highest BCUT2D eigenvalue weighted by atomic mass is 35.5. The van der Waals surface area contributed by atoms with E-state index in [1.165, 1.54) is 0 Å². The van der Waals surface area contributed by atoms with Crippen LogP contribution in [0.3, 0.4) is 0 Å². The van der Waals surface area contributed by atoms with Crippen LogP contribution in [0, 0.1) is 6.92 Å². The number of thioether (sulfide) groups is 1. The average molecular weight is 447 g/mol. The molecule has 0 heterocycles. The Bertz CT molecular complexity index is 826. The van der Waals surface area contributed by atoms with Gasteiger partial charge < -0.3 is 10.2 Å². The van der Waals surface area contributed by atoms with E-state index in [9.17, 15) is 9.59 Å². The second-order valence-corrected chi connectivity index (χ2v) is 8.70. The molecule has 0 bridgehead atoms. The van der Waals surface area contributed by atoms with E-state index in [0.29, 0.717) is 30.3 Å². The molecule has 0 spiro atoms. The Morgan fingerprint density at radius 1 is 1.10 bits per heavy atom. The lowest BCUT2D eigenvalue weighted by Gasteiger charge is -2.31. The third-order valence-corrected chi connectivity index (χ3v) is 6.19. The number of nitrogens with zero attached hydrogens (tertiary/aromatic N) is 1. The monoisotopic (exact) mass is 446 g/mol. The number of amides is 2. The van der Waals surface area contributed by atoms with Crippen molar-refractivity contribution in [1.29, 1.82) is 0 Å². The van der Waals surface area contributed by atoms with Crippen LogP contribution in [-0.4, -0.2) is 35.1 Å². The fourth-order valence-corrected chi connectivity index (χ4v) is 4.17. The summed E-state index contributed by atoms with van der Waals surface area (Å²) in [6, 6.07) is 15.2. The number of aryl methyl sites for hydroxylation is 1. The third-order valence-electron chi connectivity index (χ3n) is 4.94. The number of nitrogens with one attached hydrogen (secondary N) is 1. The number of hydrogen-bond acceptors (Lipinski definition) is 3. The molecule has 1 atom stereocenters. The maximum atomic E-state index is 13.2. The van der Waals surface area contributed by atoms with E-state index in [1.54, 1.807) is 16.7 Å². The van der Waals surface area contributed by atoms with Gasteiger partial charge in [-0.2, -0.15) is 0 Å². The largest absolute Gasteiger partial charge is 0.354 e. The highest BCUT2D eigenvalue weighted by Crippen LogP contribution is 2.19. The third kappa shape index (κ3) is 7.37. The van der Waals surface area contributed by atoms with E-state index in [0.717, 1.165) is 28.9 Å². The van der Waals surface area contributed by atoms with Crippen molar-refractivity contribution in [3.63, 3.8) is 0 Å². The summed E-state index contributed by atoms with van der Waals surface area (Å²) in [5.74, 6) is 0.950. The number of halogens is 1. The minimum absolute atomic E-state index is 0.0179. The molecule has 0 fully saturated rings. The minimum Gasteiger partial charge on any atom is -0.354 e. The molecular weight excluding hydrogens is 416 g/mol. The zero-order chi connectivity index (χ0) is 21.9. The summed E-state index contributed by atoms with van der Waals surface area (Å²) in [6.07, 6.45) is 1.44. The molecule has 1 unspecified atom stereocenters. The molecular formula is C24H31ClN2O2S. The highest BCUT2D eigenvalue weighted by molar-refractivity contribution is 7.99. The van der Waals surface area contributed by atoms with Gasteiger partial charge in [-0.1, -0.05) is 61.8 Å². The summed E-state index contributed by atoms with van der Waals surface area (Å²) in [5.41, 5.74) is 3.30. The second kappa shape index (κ2) is 12.7. The first-order valence-corrected chi connectivity index (χ1v) is 11.9. The first kappa shape index (κ1) is 24.3. The predicted molar refractivity (Wildman–Crippen MR) is 127 cm³/mol. The Balaban J connectivity index is 2.11. The van der Waals surface area contributed by atoms with Crippen LogP contribution in [0.2, 0.25) is 5.02 Å². The fraction of sp³-hybridized carbons (Fsp3) is 0.417. The maximum absolute atomic E-state index is 13.2. The topological polar surface area (TPSA) is 49.4 Å². The van der Waals surface area contributed by atoms with E-state index in [-0.39, 0.29) is 11.8 Å². The molecule has 162 valence electrons. The van der Waals surface area contributed by atoms with Gasteiger partial charge in [0.2, 0.25) is 11.8 Å². The van der Waals surface area contributed by atoms with Gasteiger partial charge in [-0.3, -0.25) is 9.59 Å². The van der Waals surface area contributed by atoms with E-state index >= 15 is 0 Å². The Hall–Kier alpha value is -1.98. The van der Waals surface area contributed by atoms with Crippen LogP contribution in [-0.2, 0) is 21.9 Å². The molecule has 30 heavy (non-hydrogen) atoms. The zero-order valence-corrected chi connectivity index (χ0v) is 19.6. The van der Waals surface area contributed by atoms with Crippen LogP contribution in [0.25, 0.3) is 0 Å². The molecule has 2 amide bonds. The van der Waals surface area contributed by atoms with Crippen molar-refractivity contribution >= 4 is 35.2 Å². The molecule has 0 aliphatic carbocycles. The molecule has 2 aromatic rings. The molecule has 2 rings (SSSR count). The number of rotatable bonds is 11. The maximum Gasteiger partial charge on any atom is 0.242 e. The van der Waals surface area contributed by atoms with Crippen molar-refractivity contribution in [1.82, 2.24) is 10.2 Å². The molecule has 0 aliphatic rings. The average Bonchev–Trinajstić information content (AvgIpc) is 2.74. The highest BCUT2D eigenvalue weighted by Gasteiger charge is 2.28. The van der Waals surface area contributed by atoms with E-state index in [4.69, 9.17) is 11.6 Å². The standard InChI is InChI=1S/C24H31ClN2O2S/c1-4-14-26-24(29)22(5-2)27(15-20-9-7-6-8-18(20)3)23(28)17-30-16-19-10-12-21(25)13-11-19/h6-13,22H,4-5,14-17H2,1-3H3,(H,26,29). The second-order valence-electron chi connectivity index (χ2n) is 7.28. The van der Waals surface area contributed by atoms with Crippen molar-refractivity contribution in [2.24, 2.45) is 0 Å². The zero-order valence-electron chi connectivity index (χ0n) is 18.0. The SMILES string of the molecule is CCCNC(=O)C(CC)N(Cc1ccccc1C)C(=O)CSCc1ccc(Cl)cc1. The van der Waals surface area contributed by atoms with Gasteiger partial charge >= 0.3 is 0 Å². The summed E-state index contributed by atoms with van der Waals surface area (Å²) >= 11 is 7.49. The molecule has 0 saturated carbocycles. The summed E-state index contributed by atoms with van der Waals surface area (Å²) in [4.78, 5) is 27.7. The molecule has 0 radical (unpaired) electrons. The van der Waals surface area contributed by atoms with Crippen LogP contribution in [0.15, 0.2) is 48.5 Å². The lowest BCUT2D eigenvalue weighted by Crippen LogP contribution is -2.49. The van der Waals surface area contributed by atoms with Gasteiger partial charge in [0, 0.05) is 23.9 Å². The lowest BCUT2D eigenvalue weighted by molar-refractivity contribution is -0.139. The molecule has 2 aromatic carbocycles. The van der Waals surface area contributed by atoms with Gasteiger partial charge in [-0.15, -0.1) is 11.8 Å². The van der Waals surface area contributed by atoms with Crippen LogP contribution in [0.5, 0.6) is 0 Å². The smallest absolute Gasteiger partial charge is 0.242 e. The molecule has 6 heteroatoms. The lowest BCUT2D eigenvalue weighted by atomic mass is 10.1. The van der Waals surface area contributed by atoms with Gasteiger partial charge in [0.25, 0.3) is 0 Å². The first-order valence-electron chi connectivity index (χ1n) is 10.4. The Labute approximate surface area is 189 Å². The minimum atomic E-state index is -0.472. The normalized spacial score (nSPS) is 11.7. The number of benzene rings is 2. The van der Waals surface area contributed by atoms with Gasteiger partial charge in [0.15, 0.2) is 0 Å². The van der Waals surface area contributed by atoms with Crippen LogP contribution in [0.4, 0.5) is 0 Å².